The van der Waals surface area contributed by atoms with Gasteiger partial charge >= 0.3 is 5.97 Å². The van der Waals surface area contributed by atoms with Crippen LogP contribution >= 0.6 is 23.2 Å². The molecule has 0 unspecified atom stereocenters. The summed E-state index contributed by atoms with van der Waals surface area (Å²) < 4.78 is 1.39. The van der Waals surface area contributed by atoms with E-state index in [0.29, 0.717) is 10.7 Å². The Balaban J connectivity index is 1.92. The largest absolute Gasteiger partial charge is 0.478 e. The third kappa shape index (κ3) is 3.96. The Morgan fingerprint density at radius 2 is 2.10 bits per heavy atom. The van der Waals surface area contributed by atoms with Gasteiger partial charge in [-0.3, -0.25) is 9.48 Å². The number of aromatic nitrogens is 2. The van der Waals surface area contributed by atoms with E-state index in [1.54, 1.807) is 18.2 Å². The molecular formula is C13H11Cl2N3O3. The summed E-state index contributed by atoms with van der Waals surface area (Å²) in [5.41, 5.74) is 0.508. The van der Waals surface area contributed by atoms with E-state index in [1.165, 1.54) is 17.1 Å². The van der Waals surface area contributed by atoms with Gasteiger partial charge in [0, 0.05) is 19.2 Å². The van der Waals surface area contributed by atoms with Gasteiger partial charge in [0.15, 0.2) is 0 Å². The molecule has 6 nitrogen and oxygen atoms in total. The van der Waals surface area contributed by atoms with Gasteiger partial charge < -0.3 is 10.4 Å². The first kappa shape index (κ1) is 15.3. The molecule has 1 aromatic carbocycles. The lowest BCUT2D eigenvalue weighted by atomic mass is 10.3. The van der Waals surface area contributed by atoms with Crippen LogP contribution in [-0.4, -0.2) is 26.8 Å². The smallest absolute Gasteiger partial charge is 0.338 e. The van der Waals surface area contributed by atoms with E-state index in [4.69, 9.17) is 28.3 Å². The van der Waals surface area contributed by atoms with Gasteiger partial charge in [0.05, 0.1) is 27.5 Å². The first-order chi connectivity index (χ1) is 9.97. The third-order valence-electron chi connectivity index (χ3n) is 2.67. The van der Waals surface area contributed by atoms with Crippen LogP contribution in [0.4, 0.5) is 5.69 Å². The number of carboxylic acid groups (broad SMARTS) is 1. The second-order valence-corrected chi connectivity index (χ2v) is 4.98. The minimum Gasteiger partial charge on any atom is -0.478 e. The Hall–Kier alpha value is -2.05. The van der Waals surface area contributed by atoms with Crippen LogP contribution in [0.25, 0.3) is 0 Å². The van der Waals surface area contributed by atoms with Crippen LogP contribution in [0.3, 0.4) is 0 Å². The highest BCUT2D eigenvalue weighted by Crippen LogP contribution is 2.29. The zero-order valence-corrected chi connectivity index (χ0v) is 12.2. The maximum absolute atomic E-state index is 11.8. The van der Waals surface area contributed by atoms with Crippen LogP contribution in [0.1, 0.15) is 16.8 Å². The van der Waals surface area contributed by atoms with Crippen LogP contribution in [0.2, 0.25) is 10.0 Å². The number of hydrogen-bond donors (Lipinski definition) is 2. The molecule has 2 rings (SSSR count). The van der Waals surface area contributed by atoms with Gasteiger partial charge in [0.25, 0.3) is 0 Å². The summed E-state index contributed by atoms with van der Waals surface area (Å²) in [5.74, 6) is -1.33. The van der Waals surface area contributed by atoms with Gasteiger partial charge in [-0.05, 0) is 12.1 Å². The van der Waals surface area contributed by atoms with Crippen LogP contribution < -0.4 is 5.32 Å². The third-order valence-corrected chi connectivity index (χ3v) is 3.49. The fourth-order valence-electron chi connectivity index (χ4n) is 1.63. The van der Waals surface area contributed by atoms with Crippen molar-refractivity contribution in [1.29, 1.82) is 0 Å². The Bertz CT molecular complexity index is 685. The number of anilines is 1. The monoisotopic (exact) mass is 327 g/mol. The van der Waals surface area contributed by atoms with E-state index >= 15 is 0 Å². The van der Waals surface area contributed by atoms with Crippen molar-refractivity contribution in [2.75, 3.05) is 5.32 Å². The van der Waals surface area contributed by atoms with Crippen molar-refractivity contribution in [2.45, 2.75) is 13.0 Å². The second-order valence-electron chi connectivity index (χ2n) is 4.20. The lowest BCUT2D eigenvalue weighted by molar-refractivity contribution is -0.116. The number of carbonyl (C=O) groups is 2. The number of benzene rings is 1. The Morgan fingerprint density at radius 3 is 2.76 bits per heavy atom. The summed E-state index contributed by atoms with van der Waals surface area (Å²) in [6.07, 6.45) is 2.72. The Labute approximate surface area is 130 Å². The van der Waals surface area contributed by atoms with Gasteiger partial charge in [0.2, 0.25) is 5.91 Å². The number of carbonyl (C=O) groups excluding carboxylic acids is 1. The molecule has 0 saturated heterocycles. The predicted molar refractivity (Wildman–Crippen MR) is 78.9 cm³/mol. The highest BCUT2D eigenvalue weighted by atomic mass is 35.5. The average Bonchev–Trinajstić information content (AvgIpc) is 2.91. The number of hydrogen-bond acceptors (Lipinski definition) is 3. The molecule has 0 fully saturated rings. The number of halogens is 2. The highest BCUT2D eigenvalue weighted by molar-refractivity contribution is 6.43. The molecule has 0 aliphatic rings. The fraction of sp³-hybridized carbons (Fsp3) is 0.154. The number of amides is 1. The molecule has 1 heterocycles. The van der Waals surface area contributed by atoms with E-state index in [-0.39, 0.29) is 29.5 Å². The minimum absolute atomic E-state index is 0.0771. The molecule has 2 aromatic rings. The van der Waals surface area contributed by atoms with Crippen molar-refractivity contribution in [1.82, 2.24) is 9.78 Å². The minimum atomic E-state index is -1.06. The molecule has 0 radical (unpaired) electrons. The van der Waals surface area contributed by atoms with Crippen molar-refractivity contribution in [3.63, 3.8) is 0 Å². The number of nitrogens with zero attached hydrogens (tertiary/aromatic N) is 2. The van der Waals surface area contributed by atoms with Crippen LogP contribution in [-0.2, 0) is 11.3 Å². The van der Waals surface area contributed by atoms with E-state index in [0.717, 1.165) is 0 Å². The van der Waals surface area contributed by atoms with Gasteiger partial charge in [-0.1, -0.05) is 29.3 Å². The van der Waals surface area contributed by atoms with E-state index in [1.807, 2.05) is 0 Å². The molecule has 1 amide bonds. The molecular weight excluding hydrogens is 317 g/mol. The Kier molecular flexibility index (Phi) is 4.82. The maximum Gasteiger partial charge on any atom is 0.338 e. The maximum atomic E-state index is 11.8. The number of rotatable bonds is 5. The normalized spacial score (nSPS) is 10.4. The number of aryl methyl sites for hydroxylation is 1. The molecule has 0 aliphatic heterocycles. The van der Waals surface area contributed by atoms with Crippen molar-refractivity contribution in [2.24, 2.45) is 0 Å². The molecule has 0 aliphatic carbocycles. The summed E-state index contributed by atoms with van der Waals surface area (Å²) in [4.78, 5) is 22.5. The zero-order chi connectivity index (χ0) is 15.4. The highest BCUT2D eigenvalue weighted by Gasteiger charge is 2.10. The van der Waals surface area contributed by atoms with Gasteiger partial charge in [-0.25, -0.2) is 4.79 Å². The van der Waals surface area contributed by atoms with Crippen molar-refractivity contribution in [3.8, 4) is 0 Å². The number of nitrogens with one attached hydrogen (secondary N) is 1. The molecule has 0 atom stereocenters. The number of carboxylic acids is 1. The number of aromatic carboxylic acids is 1. The quantitative estimate of drug-likeness (QED) is 0.884. The van der Waals surface area contributed by atoms with Crippen LogP contribution in [0.15, 0.2) is 30.6 Å². The van der Waals surface area contributed by atoms with E-state index in [9.17, 15) is 9.59 Å². The molecule has 0 saturated carbocycles. The average molecular weight is 328 g/mol. The predicted octanol–water partition coefficient (Wildman–Crippen LogP) is 2.92. The Morgan fingerprint density at radius 1 is 1.33 bits per heavy atom. The second kappa shape index (κ2) is 6.60. The summed E-state index contributed by atoms with van der Waals surface area (Å²) >= 11 is 11.8. The topological polar surface area (TPSA) is 84.2 Å². The standard InChI is InChI=1S/C13H11Cl2N3O3/c14-9-2-1-3-10(12(9)15)17-11(19)4-5-18-7-8(6-16-18)13(20)21/h1-3,6-7H,4-5H2,(H,17,19)(H,20,21). The molecule has 1 aromatic heterocycles. The van der Waals surface area contributed by atoms with Crippen molar-refractivity contribution < 1.29 is 14.7 Å². The van der Waals surface area contributed by atoms with Crippen molar-refractivity contribution in [3.05, 3.63) is 46.2 Å². The van der Waals surface area contributed by atoms with Gasteiger partial charge in [-0.2, -0.15) is 5.10 Å². The fourth-order valence-corrected chi connectivity index (χ4v) is 1.97. The lowest BCUT2D eigenvalue weighted by Gasteiger charge is -2.08. The summed E-state index contributed by atoms with van der Waals surface area (Å²) in [5, 5.41) is 15.9. The zero-order valence-electron chi connectivity index (χ0n) is 10.7. The van der Waals surface area contributed by atoms with Crippen LogP contribution in [0, 0.1) is 0 Å². The van der Waals surface area contributed by atoms with E-state index in [2.05, 4.69) is 10.4 Å². The van der Waals surface area contributed by atoms with Gasteiger partial charge in [-0.15, -0.1) is 0 Å². The van der Waals surface area contributed by atoms with Crippen LogP contribution in [0.5, 0.6) is 0 Å². The summed E-state index contributed by atoms with van der Waals surface area (Å²) in [6.45, 7) is 0.261. The molecule has 2 N–H and O–H groups in total. The first-order valence-corrected chi connectivity index (χ1v) is 6.72. The molecule has 21 heavy (non-hydrogen) atoms. The van der Waals surface area contributed by atoms with Crippen molar-refractivity contribution >= 4 is 40.8 Å². The molecule has 0 spiro atoms. The molecule has 8 heteroatoms. The molecule has 110 valence electrons. The molecule has 0 bridgehead atoms. The summed E-state index contributed by atoms with van der Waals surface area (Å²) in [6, 6.07) is 4.94. The first-order valence-electron chi connectivity index (χ1n) is 5.97. The lowest BCUT2D eigenvalue weighted by Crippen LogP contribution is -2.15. The van der Waals surface area contributed by atoms with Gasteiger partial charge in [0.1, 0.15) is 0 Å². The SMILES string of the molecule is O=C(CCn1cc(C(=O)O)cn1)Nc1cccc(Cl)c1Cl. The van der Waals surface area contributed by atoms with E-state index < -0.39 is 5.97 Å². The summed E-state index contributed by atoms with van der Waals surface area (Å²) in [7, 11) is 0.